The van der Waals surface area contributed by atoms with Crippen molar-refractivity contribution in [1.82, 2.24) is 0 Å². The molecule has 0 amide bonds. The first-order valence-corrected chi connectivity index (χ1v) is 26.2. The highest BCUT2D eigenvalue weighted by atomic mass is 31.2. The van der Waals surface area contributed by atoms with Crippen molar-refractivity contribution in [3.63, 3.8) is 0 Å². The van der Waals surface area contributed by atoms with Gasteiger partial charge in [0.15, 0.2) is 6.10 Å². The summed E-state index contributed by atoms with van der Waals surface area (Å²) in [5.74, 6) is -0.848. The van der Waals surface area contributed by atoms with Crippen LogP contribution in [0.15, 0.2) is 36.5 Å². The molecule has 0 saturated heterocycles. The maximum Gasteiger partial charge on any atom is 0.306 e. The molecule has 0 aromatic carbocycles. The minimum atomic E-state index is -4.63. The number of likely N-dealkylation sites (N-methyl/N-ethyl adjacent to an activating group) is 1. The van der Waals surface area contributed by atoms with Gasteiger partial charge in [0, 0.05) is 12.8 Å². The molecular weight excluding hydrogens is 774 g/mol. The Kier molecular flexibility index (Phi) is 41.3. The van der Waals surface area contributed by atoms with Crippen LogP contribution >= 0.6 is 7.82 Å². The Morgan fingerprint density at radius 2 is 0.900 bits per heavy atom. The van der Waals surface area contributed by atoms with Gasteiger partial charge in [-0.15, -0.1) is 0 Å². The molecule has 0 aromatic heterocycles. The molecule has 2 atom stereocenters. The van der Waals surface area contributed by atoms with Crippen molar-refractivity contribution < 1.29 is 42.1 Å². The molecule has 0 bridgehead atoms. The van der Waals surface area contributed by atoms with Gasteiger partial charge in [0.25, 0.3) is 7.82 Å². The van der Waals surface area contributed by atoms with E-state index in [4.69, 9.17) is 18.5 Å². The number of allylic oxidation sites excluding steroid dienone is 6. The summed E-state index contributed by atoms with van der Waals surface area (Å²) in [4.78, 5) is 37.6. The van der Waals surface area contributed by atoms with E-state index in [1.807, 2.05) is 21.1 Å². The monoisotopic (exact) mass is 868 g/mol. The molecule has 0 spiro atoms. The topological polar surface area (TPSA) is 111 Å². The van der Waals surface area contributed by atoms with Crippen molar-refractivity contribution in [3.05, 3.63) is 36.5 Å². The minimum Gasteiger partial charge on any atom is -0.756 e. The number of hydrogen-bond donors (Lipinski definition) is 0. The molecule has 0 saturated carbocycles. The maximum atomic E-state index is 12.7. The Bertz CT molecular complexity index is 1120. The molecular formula is C50H94NO8P. The van der Waals surface area contributed by atoms with Gasteiger partial charge in [0.2, 0.25) is 0 Å². The summed E-state index contributed by atoms with van der Waals surface area (Å²) in [5.41, 5.74) is 0. The molecule has 352 valence electrons. The molecule has 0 aliphatic rings. The van der Waals surface area contributed by atoms with Crippen LogP contribution < -0.4 is 4.89 Å². The zero-order valence-corrected chi connectivity index (χ0v) is 40.6. The van der Waals surface area contributed by atoms with Crippen molar-refractivity contribution in [1.29, 1.82) is 0 Å². The molecule has 0 aliphatic heterocycles. The quantitative estimate of drug-likeness (QED) is 0.0149. The largest absolute Gasteiger partial charge is 0.756 e. The number of rotatable bonds is 45. The Labute approximate surface area is 370 Å². The smallest absolute Gasteiger partial charge is 0.306 e. The summed E-state index contributed by atoms with van der Waals surface area (Å²) < 4.78 is 34.0. The van der Waals surface area contributed by atoms with E-state index in [2.05, 4.69) is 50.3 Å². The van der Waals surface area contributed by atoms with E-state index in [-0.39, 0.29) is 32.0 Å². The predicted octanol–water partition coefficient (Wildman–Crippen LogP) is 13.8. The number of esters is 2. The number of quaternary nitrogens is 1. The molecule has 0 N–H and O–H groups in total. The Hall–Kier alpha value is -1.77. The van der Waals surface area contributed by atoms with Gasteiger partial charge in [-0.2, -0.15) is 0 Å². The van der Waals surface area contributed by atoms with E-state index in [0.29, 0.717) is 17.4 Å². The van der Waals surface area contributed by atoms with Gasteiger partial charge in [-0.05, 0) is 64.2 Å². The van der Waals surface area contributed by atoms with Crippen molar-refractivity contribution >= 4 is 19.8 Å². The van der Waals surface area contributed by atoms with Crippen LogP contribution in [0.3, 0.4) is 0 Å². The lowest BCUT2D eigenvalue weighted by molar-refractivity contribution is -0.870. The second kappa shape index (κ2) is 42.5. The lowest BCUT2D eigenvalue weighted by atomic mass is 10.0. The van der Waals surface area contributed by atoms with Crippen LogP contribution in [0, 0.1) is 0 Å². The van der Waals surface area contributed by atoms with Crippen molar-refractivity contribution in [2.24, 2.45) is 0 Å². The third-order valence-corrected chi connectivity index (χ3v) is 11.6. The van der Waals surface area contributed by atoms with E-state index in [1.165, 1.54) is 128 Å². The van der Waals surface area contributed by atoms with E-state index in [0.717, 1.165) is 57.8 Å². The highest BCUT2D eigenvalue weighted by molar-refractivity contribution is 7.45. The first kappa shape index (κ1) is 58.2. The van der Waals surface area contributed by atoms with Crippen LogP contribution in [-0.4, -0.2) is 70.0 Å². The number of ether oxygens (including phenoxy) is 2. The number of carbonyl (C=O) groups excluding carboxylic acids is 2. The molecule has 9 nitrogen and oxygen atoms in total. The first-order chi connectivity index (χ1) is 29.0. The van der Waals surface area contributed by atoms with Crippen LogP contribution in [0.4, 0.5) is 0 Å². The molecule has 1 unspecified atom stereocenters. The SMILES string of the molecule is CCCCCC/C=C/C=C/CCCCCCCC(=O)O[C@@H](COC(=O)CCCCCCCCCCCCC/C=C/CCCCCCCC)COP(=O)([O-])OCC[N+](C)(C)C. The molecule has 0 fully saturated rings. The van der Waals surface area contributed by atoms with E-state index >= 15 is 0 Å². The number of nitrogens with zero attached hydrogens (tertiary/aromatic N) is 1. The van der Waals surface area contributed by atoms with E-state index < -0.39 is 26.5 Å². The lowest BCUT2D eigenvalue weighted by Gasteiger charge is -2.28. The summed E-state index contributed by atoms with van der Waals surface area (Å²) in [6.07, 6.45) is 48.8. The number of unbranched alkanes of at least 4 members (excludes halogenated alkanes) is 26. The van der Waals surface area contributed by atoms with Gasteiger partial charge in [0.05, 0.1) is 27.7 Å². The van der Waals surface area contributed by atoms with E-state index in [1.54, 1.807) is 0 Å². The van der Waals surface area contributed by atoms with Crippen LogP contribution in [-0.2, 0) is 32.7 Å². The fourth-order valence-corrected chi connectivity index (χ4v) is 7.49. The van der Waals surface area contributed by atoms with Gasteiger partial charge < -0.3 is 27.9 Å². The predicted molar refractivity (Wildman–Crippen MR) is 250 cm³/mol. The highest BCUT2D eigenvalue weighted by Crippen LogP contribution is 2.38. The second-order valence-corrected chi connectivity index (χ2v) is 19.3. The summed E-state index contributed by atoms with van der Waals surface area (Å²) >= 11 is 0. The fourth-order valence-electron chi connectivity index (χ4n) is 6.76. The number of carbonyl (C=O) groups is 2. The molecule has 0 heterocycles. The molecule has 0 aliphatic carbocycles. The fraction of sp³-hybridized carbons (Fsp3) is 0.840. The Morgan fingerprint density at radius 3 is 1.35 bits per heavy atom. The number of hydrogen-bond acceptors (Lipinski definition) is 8. The van der Waals surface area contributed by atoms with Crippen LogP contribution in [0.1, 0.15) is 219 Å². The van der Waals surface area contributed by atoms with Crippen molar-refractivity contribution in [2.75, 3.05) is 47.5 Å². The van der Waals surface area contributed by atoms with Gasteiger partial charge in [-0.3, -0.25) is 14.2 Å². The average molecular weight is 868 g/mol. The normalized spacial score (nSPS) is 13.8. The Morgan fingerprint density at radius 1 is 0.517 bits per heavy atom. The first-order valence-electron chi connectivity index (χ1n) is 24.7. The summed E-state index contributed by atoms with van der Waals surface area (Å²) in [6, 6.07) is 0. The third-order valence-electron chi connectivity index (χ3n) is 10.7. The van der Waals surface area contributed by atoms with Crippen molar-refractivity contribution in [2.45, 2.75) is 225 Å². The molecule has 0 aromatic rings. The van der Waals surface area contributed by atoms with Crippen LogP contribution in [0.5, 0.6) is 0 Å². The second-order valence-electron chi connectivity index (χ2n) is 17.9. The summed E-state index contributed by atoms with van der Waals surface area (Å²) in [7, 11) is 1.16. The van der Waals surface area contributed by atoms with E-state index in [9.17, 15) is 19.0 Å². The van der Waals surface area contributed by atoms with Gasteiger partial charge >= 0.3 is 11.9 Å². The van der Waals surface area contributed by atoms with Gasteiger partial charge in [-0.1, -0.05) is 179 Å². The zero-order chi connectivity index (χ0) is 44.3. The average Bonchev–Trinajstić information content (AvgIpc) is 3.20. The third kappa shape index (κ3) is 45.7. The Balaban J connectivity index is 4.26. The van der Waals surface area contributed by atoms with Crippen LogP contribution in [0.2, 0.25) is 0 Å². The van der Waals surface area contributed by atoms with Crippen molar-refractivity contribution in [3.8, 4) is 0 Å². The number of phosphoric ester groups is 1. The number of phosphoric acid groups is 1. The maximum absolute atomic E-state index is 12.7. The summed E-state index contributed by atoms with van der Waals surface area (Å²) in [5, 5.41) is 0. The molecule has 0 radical (unpaired) electrons. The molecule has 10 heteroatoms. The zero-order valence-electron chi connectivity index (χ0n) is 39.7. The van der Waals surface area contributed by atoms with Gasteiger partial charge in [0.1, 0.15) is 19.8 Å². The van der Waals surface area contributed by atoms with Crippen LogP contribution in [0.25, 0.3) is 0 Å². The van der Waals surface area contributed by atoms with Gasteiger partial charge in [-0.25, -0.2) is 0 Å². The minimum absolute atomic E-state index is 0.0338. The molecule has 0 rings (SSSR count). The lowest BCUT2D eigenvalue weighted by Crippen LogP contribution is -2.37. The standard InChI is InChI=1S/C50H94NO8P/c1-6-8-10-12-14-16-18-20-22-23-24-25-26-27-29-30-32-34-36-38-40-42-49(52)56-46-48(47-58-60(54,55)57-45-44-51(3,4)5)59-50(53)43-41-39-37-35-33-31-28-21-19-17-15-13-11-9-7-2/h17,19-22,28,48H,6-16,18,23-27,29-47H2,1-5H3/b19-17+,22-20+,28-21+/t48-/m0/s1. The summed E-state index contributed by atoms with van der Waals surface area (Å²) in [6.45, 7) is 4.20. The highest BCUT2D eigenvalue weighted by Gasteiger charge is 2.21. The molecule has 60 heavy (non-hydrogen) atoms.